The molecule has 0 radical (unpaired) electrons. The van der Waals surface area contributed by atoms with Crippen LogP contribution in [0.4, 0.5) is 0 Å². The van der Waals surface area contributed by atoms with Crippen molar-refractivity contribution in [3.05, 3.63) is 90.0 Å². The van der Waals surface area contributed by atoms with E-state index in [9.17, 15) is 9.90 Å². The Bertz CT molecular complexity index is 971. The normalized spacial score (nSPS) is 11.9. The molecule has 0 heterocycles. The van der Waals surface area contributed by atoms with Crippen LogP contribution < -0.4 is 14.8 Å². The second kappa shape index (κ2) is 9.50. The lowest BCUT2D eigenvalue weighted by Crippen LogP contribution is -2.68. The number of hydrogen-bond acceptors (Lipinski definition) is 3. The summed E-state index contributed by atoms with van der Waals surface area (Å²) in [5.74, 6) is -0.158. The highest BCUT2D eigenvalue weighted by molar-refractivity contribution is 7.00. The minimum Gasteiger partial charge on any atom is -0.534 e. The lowest BCUT2D eigenvalue weighted by molar-refractivity contribution is -0.136. The molecular formula is C26H30O4Si. The molecule has 0 aliphatic heterocycles. The van der Waals surface area contributed by atoms with Gasteiger partial charge >= 0.3 is 14.3 Å². The van der Waals surface area contributed by atoms with Crippen LogP contribution in [0.25, 0.3) is 0 Å². The van der Waals surface area contributed by atoms with Gasteiger partial charge in [-0.25, -0.2) is 0 Å². The minimum atomic E-state index is -2.76. The van der Waals surface area contributed by atoms with Crippen LogP contribution in [0.2, 0.25) is 5.04 Å². The summed E-state index contributed by atoms with van der Waals surface area (Å²) in [7, 11) is -2.76. The number of carbonyl (C=O) groups is 1. The Morgan fingerprint density at radius 2 is 1.42 bits per heavy atom. The fourth-order valence-corrected chi connectivity index (χ4v) is 8.54. The zero-order chi connectivity index (χ0) is 22.5. The van der Waals surface area contributed by atoms with Gasteiger partial charge in [0, 0.05) is 6.42 Å². The molecule has 3 aromatic carbocycles. The zero-order valence-electron chi connectivity index (χ0n) is 18.3. The van der Waals surface area contributed by atoms with Crippen LogP contribution in [-0.4, -0.2) is 24.5 Å². The van der Waals surface area contributed by atoms with Crippen LogP contribution in [0.5, 0.6) is 5.75 Å². The quantitative estimate of drug-likeness (QED) is 0.523. The maximum Gasteiger partial charge on any atom is 0.319 e. The molecule has 0 saturated carbocycles. The number of carboxylic acid groups (broad SMARTS) is 1. The average molecular weight is 435 g/mol. The van der Waals surface area contributed by atoms with Gasteiger partial charge in [0.25, 0.3) is 0 Å². The van der Waals surface area contributed by atoms with Crippen molar-refractivity contribution >= 4 is 24.7 Å². The SMILES string of the molecule is CC(C)(C)[Si](Oc1ccc(CCC(=O)O)c(CO)c1)(c1ccccc1)c1ccccc1. The van der Waals surface area contributed by atoms with Crippen molar-refractivity contribution in [2.45, 2.75) is 45.3 Å². The largest absolute Gasteiger partial charge is 0.534 e. The standard InChI is InChI=1S/C26H30O4Si/c1-26(2,3)31(23-10-6-4-7-11-23,24-12-8-5-9-13-24)30-22-16-14-20(15-17-25(28)29)21(18-22)19-27/h4-14,16,18,27H,15,17,19H2,1-3H3,(H,28,29). The molecule has 0 spiro atoms. The number of aliphatic carboxylic acids is 1. The Labute approximate surface area is 185 Å². The third kappa shape index (κ3) is 4.89. The fourth-order valence-electron chi connectivity index (χ4n) is 4.12. The molecule has 31 heavy (non-hydrogen) atoms. The highest BCUT2D eigenvalue weighted by Gasteiger charge is 2.52. The van der Waals surface area contributed by atoms with Crippen LogP contribution in [0.3, 0.4) is 0 Å². The van der Waals surface area contributed by atoms with Crippen molar-refractivity contribution in [1.29, 1.82) is 0 Å². The molecule has 3 rings (SSSR count). The molecule has 0 unspecified atom stereocenters. The van der Waals surface area contributed by atoms with E-state index in [-0.39, 0.29) is 18.1 Å². The monoisotopic (exact) mass is 434 g/mol. The summed E-state index contributed by atoms with van der Waals surface area (Å²) >= 11 is 0. The summed E-state index contributed by atoms with van der Waals surface area (Å²) in [4.78, 5) is 11.0. The molecular weight excluding hydrogens is 404 g/mol. The third-order valence-electron chi connectivity index (χ3n) is 5.64. The van der Waals surface area contributed by atoms with Crippen LogP contribution in [0.1, 0.15) is 38.3 Å². The van der Waals surface area contributed by atoms with E-state index in [4.69, 9.17) is 9.53 Å². The zero-order valence-corrected chi connectivity index (χ0v) is 19.3. The van der Waals surface area contributed by atoms with Gasteiger partial charge < -0.3 is 14.6 Å². The van der Waals surface area contributed by atoms with E-state index in [1.807, 2.05) is 54.6 Å². The van der Waals surface area contributed by atoms with Crippen LogP contribution in [0.15, 0.2) is 78.9 Å². The molecule has 0 atom stereocenters. The summed E-state index contributed by atoms with van der Waals surface area (Å²) in [6, 6.07) is 26.4. The van der Waals surface area contributed by atoms with E-state index < -0.39 is 14.3 Å². The van der Waals surface area contributed by atoms with E-state index in [1.54, 1.807) is 0 Å². The second-order valence-corrected chi connectivity index (χ2v) is 13.0. The van der Waals surface area contributed by atoms with Gasteiger partial charge in [0.2, 0.25) is 0 Å². The first-order chi connectivity index (χ1) is 14.8. The highest BCUT2D eigenvalue weighted by Crippen LogP contribution is 2.38. The number of rotatable bonds is 8. The van der Waals surface area contributed by atoms with Crippen molar-refractivity contribution in [1.82, 2.24) is 0 Å². The number of hydrogen-bond donors (Lipinski definition) is 2. The Balaban J connectivity index is 2.13. The average Bonchev–Trinajstić information content (AvgIpc) is 2.76. The van der Waals surface area contributed by atoms with Crippen LogP contribution in [-0.2, 0) is 17.8 Å². The van der Waals surface area contributed by atoms with Gasteiger partial charge in [-0.1, -0.05) is 87.5 Å². The van der Waals surface area contributed by atoms with Gasteiger partial charge in [-0.05, 0) is 45.1 Å². The summed E-state index contributed by atoms with van der Waals surface area (Å²) in [6.07, 6.45) is 0.409. The van der Waals surface area contributed by atoms with E-state index in [2.05, 4.69) is 45.0 Å². The predicted molar refractivity (Wildman–Crippen MR) is 127 cm³/mol. The third-order valence-corrected chi connectivity index (χ3v) is 10.6. The van der Waals surface area contributed by atoms with E-state index in [0.29, 0.717) is 17.7 Å². The number of benzene rings is 3. The van der Waals surface area contributed by atoms with Gasteiger partial charge in [-0.15, -0.1) is 0 Å². The highest BCUT2D eigenvalue weighted by atomic mass is 28.4. The maximum atomic E-state index is 11.0. The van der Waals surface area contributed by atoms with E-state index in [1.165, 1.54) is 10.4 Å². The van der Waals surface area contributed by atoms with Gasteiger partial charge in [-0.3, -0.25) is 4.79 Å². The number of carboxylic acids is 1. The lowest BCUT2D eigenvalue weighted by atomic mass is 10.0. The van der Waals surface area contributed by atoms with Crippen molar-refractivity contribution in [2.24, 2.45) is 0 Å². The molecule has 0 bridgehead atoms. The molecule has 3 aromatic rings. The molecule has 162 valence electrons. The smallest absolute Gasteiger partial charge is 0.319 e. The summed E-state index contributed by atoms with van der Waals surface area (Å²) < 4.78 is 6.97. The Morgan fingerprint density at radius 3 is 1.87 bits per heavy atom. The Hall–Kier alpha value is -2.89. The van der Waals surface area contributed by atoms with Gasteiger partial charge in [0.15, 0.2) is 0 Å². The molecule has 0 amide bonds. The first-order valence-corrected chi connectivity index (χ1v) is 12.4. The molecule has 2 N–H and O–H groups in total. The lowest BCUT2D eigenvalue weighted by Gasteiger charge is -2.43. The molecule has 0 saturated heterocycles. The van der Waals surface area contributed by atoms with Crippen LogP contribution in [0, 0.1) is 0 Å². The molecule has 0 aromatic heterocycles. The summed E-state index contributed by atoms with van der Waals surface area (Å²) in [5, 5.41) is 21.1. The minimum absolute atomic E-state index is 0.0297. The maximum absolute atomic E-state index is 11.0. The number of aliphatic hydroxyl groups is 1. The van der Waals surface area contributed by atoms with Crippen molar-refractivity contribution in [2.75, 3.05) is 0 Å². The molecule has 5 heteroatoms. The molecule has 0 aliphatic rings. The van der Waals surface area contributed by atoms with Gasteiger partial charge in [-0.2, -0.15) is 0 Å². The second-order valence-electron chi connectivity index (χ2n) is 8.75. The first kappa shape index (κ1) is 22.8. The van der Waals surface area contributed by atoms with Crippen molar-refractivity contribution < 1.29 is 19.4 Å². The Morgan fingerprint density at radius 1 is 0.871 bits per heavy atom. The van der Waals surface area contributed by atoms with E-state index in [0.717, 1.165) is 5.56 Å². The summed E-state index contributed by atoms with van der Waals surface area (Å²) in [6.45, 7) is 6.49. The van der Waals surface area contributed by atoms with Crippen LogP contribution >= 0.6 is 0 Å². The van der Waals surface area contributed by atoms with Gasteiger partial charge in [0.05, 0.1) is 6.61 Å². The topological polar surface area (TPSA) is 66.8 Å². The van der Waals surface area contributed by atoms with E-state index >= 15 is 0 Å². The number of aryl methyl sites for hydroxylation is 1. The van der Waals surface area contributed by atoms with Crippen molar-refractivity contribution in [3.63, 3.8) is 0 Å². The van der Waals surface area contributed by atoms with Crippen molar-refractivity contribution in [3.8, 4) is 5.75 Å². The summed E-state index contributed by atoms with van der Waals surface area (Å²) in [5.41, 5.74) is 1.54. The Kier molecular flexibility index (Phi) is 6.98. The van der Waals surface area contributed by atoms with Gasteiger partial charge in [0.1, 0.15) is 5.75 Å². The molecule has 4 nitrogen and oxygen atoms in total. The molecule has 0 aliphatic carbocycles. The first-order valence-electron chi connectivity index (χ1n) is 10.5. The predicted octanol–water partition coefficient (Wildman–Crippen LogP) is 4.13. The number of aliphatic hydroxyl groups excluding tert-OH is 1. The molecule has 0 fully saturated rings. The fraction of sp³-hybridized carbons (Fsp3) is 0.269.